The summed E-state index contributed by atoms with van der Waals surface area (Å²) in [4.78, 5) is 19.3. The first-order valence-electron chi connectivity index (χ1n) is 9.75. The van der Waals surface area contributed by atoms with Gasteiger partial charge in [-0.3, -0.25) is 4.90 Å². The molecule has 2 aliphatic rings. The number of piperazine rings is 1. The van der Waals surface area contributed by atoms with Gasteiger partial charge in [0.15, 0.2) is 0 Å². The smallest absolute Gasteiger partial charge is 0.317 e. The number of carbonyl (C=O) groups is 1. The Bertz CT molecular complexity index is 522. The monoisotopic (exact) mass is 344 g/mol. The van der Waals surface area contributed by atoms with Gasteiger partial charge in [-0.15, -0.1) is 0 Å². The molecule has 2 aliphatic heterocycles. The van der Waals surface area contributed by atoms with Crippen molar-refractivity contribution >= 4 is 6.03 Å². The molecule has 2 fully saturated rings. The molecule has 0 aliphatic carbocycles. The number of nitrogens with one attached hydrogen (secondary N) is 1. The minimum atomic E-state index is 0.106. The van der Waals surface area contributed by atoms with Crippen LogP contribution in [0.2, 0.25) is 0 Å². The Balaban J connectivity index is 1.34. The van der Waals surface area contributed by atoms with Gasteiger partial charge in [0.05, 0.1) is 0 Å². The fourth-order valence-electron chi connectivity index (χ4n) is 3.81. The number of hydrogen-bond acceptors (Lipinski definition) is 3. The summed E-state index contributed by atoms with van der Waals surface area (Å²) >= 11 is 0. The minimum Gasteiger partial charge on any atom is -0.334 e. The van der Waals surface area contributed by atoms with Crippen molar-refractivity contribution in [1.82, 2.24) is 20.0 Å². The van der Waals surface area contributed by atoms with Gasteiger partial charge in [0.2, 0.25) is 0 Å². The average Bonchev–Trinajstić information content (AvgIpc) is 3.14. The summed E-state index contributed by atoms with van der Waals surface area (Å²) in [5.41, 5.74) is 1.39. The molecule has 1 aromatic carbocycles. The van der Waals surface area contributed by atoms with Crippen LogP contribution in [0, 0.1) is 0 Å². The zero-order chi connectivity index (χ0) is 17.5. The van der Waals surface area contributed by atoms with Gasteiger partial charge in [-0.05, 0) is 44.8 Å². The number of nitrogens with zero attached hydrogens (tertiary/aromatic N) is 3. The molecule has 3 rings (SSSR count). The highest BCUT2D eigenvalue weighted by atomic mass is 16.2. The van der Waals surface area contributed by atoms with Gasteiger partial charge in [-0.25, -0.2) is 4.79 Å². The van der Waals surface area contributed by atoms with Crippen molar-refractivity contribution in [2.75, 3.05) is 52.4 Å². The van der Waals surface area contributed by atoms with Crippen molar-refractivity contribution in [1.29, 1.82) is 0 Å². The van der Waals surface area contributed by atoms with E-state index >= 15 is 0 Å². The summed E-state index contributed by atoms with van der Waals surface area (Å²) in [5.74, 6) is 0. The number of amides is 2. The molecule has 0 bridgehead atoms. The second kappa shape index (κ2) is 9.20. The molecule has 0 saturated carbocycles. The van der Waals surface area contributed by atoms with E-state index in [-0.39, 0.29) is 12.1 Å². The lowest BCUT2D eigenvalue weighted by atomic mass is 10.1. The third-order valence-corrected chi connectivity index (χ3v) is 5.32. The predicted molar refractivity (Wildman–Crippen MR) is 102 cm³/mol. The molecule has 1 N–H and O–H groups in total. The first-order valence-corrected chi connectivity index (χ1v) is 9.75. The highest BCUT2D eigenvalue weighted by Crippen LogP contribution is 2.09. The van der Waals surface area contributed by atoms with E-state index in [0.29, 0.717) is 0 Å². The number of likely N-dealkylation sites (tertiary alicyclic amines) is 1. The second-order valence-corrected chi connectivity index (χ2v) is 7.42. The summed E-state index contributed by atoms with van der Waals surface area (Å²) in [6.07, 6.45) is 3.68. The first-order chi connectivity index (χ1) is 12.2. The molecule has 5 nitrogen and oxygen atoms in total. The summed E-state index contributed by atoms with van der Waals surface area (Å²) in [5, 5.41) is 3.18. The zero-order valence-corrected chi connectivity index (χ0v) is 15.5. The van der Waals surface area contributed by atoms with E-state index in [2.05, 4.69) is 52.4 Å². The Labute approximate surface area is 152 Å². The number of rotatable bonds is 6. The predicted octanol–water partition coefficient (Wildman–Crippen LogP) is 2.04. The molecule has 0 spiro atoms. The lowest BCUT2D eigenvalue weighted by Gasteiger charge is -2.35. The van der Waals surface area contributed by atoms with Crippen LogP contribution in [-0.4, -0.2) is 79.1 Å². The fourth-order valence-corrected chi connectivity index (χ4v) is 3.81. The van der Waals surface area contributed by atoms with E-state index < -0.39 is 0 Å². The molecule has 2 saturated heterocycles. The van der Waals surface area contributed by atoms with Crippen LogP contribution < -0.4 is 5.32 Å². The summed E-state index contributed by atoms with van der Waals surface area (Å²) in [6, 6.07) is 11.0. The molecule has 2 amide bonds. The molecule has 1 atom stereocenters. The van der Waals surface area contributed by atoms with Crippen molar-refractivity contribution in [3.8, 4) is 0 Å². The maximum Gasteiger partial charge on any atom is 0.317 e. The summed E-state index contributed by atoms with van der Waals surface area (Å²) in [7, 11) is 0. The Hall–Kier alpha value is -1.59. The van der Waals surface area contributed by atoms with Crippen molar-refractivity contribution in [2.45, 2.75) is 32.2 Å². The van der Waals surface area contributed by atoms with Gasteiger partial charge in [0, 0.05) is 45.3 Å². The van der Waals surface area contributed by atoms with Gasteiger partial charge in [0.25, 0.3) is 0 Å². The molecular weight excluding hydrogens is 312 g/mol. The van der Waals surface area contributed by atoms with Crippen molar-refractivity contribution in [3.05, 3.63) is 35.9 Å². The molecule has 0 aromatic heterocycles. The molecule has 0 radical (unpaired) electrons. The molecule has 138 valence electrons. The average molecular weight is 345 g/mol. The fraction of sp³-hybridized carbons (Fsp3) is 0.650. The van der Waals surface area contributed by atoms with Crippen LogP contribution in [0.1, 0.15) is 25.3 Å². The van der Waals surface area contributed by atoms with E-state index in [1.165, 1.54) is 31.5 Å². The van der Waals surface area contributed by atoms with E-state index in [0.717, 1.165) is 45.7 Å². The standard InChI is InChI=1S/C20H32N4O/c1-18(17-23-10-5-6-11-23)21-20(25)24-15-13-22(14-16-24)12-9-19-7-3-2-4-8-19/h2-4,7-8,18H,5-6,9-17H2,1H3,(H,21,25). The van der Waals surface area contributed by atoms with E-state index in [1.54, 1.807) is 0 Å². The Morgan fingerprint density at radius 1 is 1.00 bits per heavy atom. The summed E-state index contributed by atoms with van der Waals surface area (Å²) in [6.45, 7) is 10.1. The van der Waals surface area contributed by atoms with Gasteiger partial charge < -0.3 is 15.1 Å². The number of benzene rings is 1. The minimum absolute atomic E-state index is 0.106. The van der Waals surface area contributed by atoms with E-state index in [9.17, 15) is 4.79 Å². The maximum atomic E-state index is 12.4. The second-order valence-electron chi connectivity index (χ2n) is 7.42. The van der Waals surface area contributed by atoms with E-state index in [4.69, 9.17) is 0 Å². The third kappa shape index (κ3) is 5.72. The first kappa shape index (κ1) is 18.2. The van der Waals surface area contributed by atoms with Gasteiger partial charge in [0.1, 0.15) is 0 Å². The molecule has 5 heteroatoms. The number of urea groups is 1. The van der Waals surface area contributed by atoms with Crippen LogP contribution in [0.4, 0.5) is 4.79 Å². The van der Waals surface area contributed by atoms with Gasteiger partial charge >= 0.3 is 6.03 Å². The van der Waals surface area contributed by atoms with Crippen LogP contribution in [0.3, 0.4) is 0 Å². The van der Waals surface area contributed by atoms with Crippen LogP contribution >= 0.6 is 0 Å². The topological polar surface area (TPSA) is 38.8 Å². The molecule has 2 heterocycles. The highest BCUT2D eigenvalue weighted by molar-refractivity contribution is 5.74. The largest absolute Gasteiger partial charge is 0.334 e. The van der Waals surface area contributed by atoms with Crippen molar-refractivity contribution in [3.63, 3.8) is 0 Å². The molecular formula is C20H32N4O. The summed E-state index contributed by atoms with van der Waals surface area (Å²) < 4.78 is 0. The number of hydrogen-bond donors (Lipinski definition) is 1. The molecule has 25 heavy (non-hydrogen) atoms. The van der Waals surface area contributed by atoms with Gasteiger partial charge in [-0.1, -0.05) is 30.3 Å². The van der Waals surface area contributed by atoms with Crippen LogP contribution in [0.25, 0.3) is 0 Å². The molecule has 1 aromatic rings. The quantitative estimate of drug-likeness (QED) is 0.858. The lowest BCUT2D eigenvalue weighted by molar-refractivity contribution is 0.137. The molecule has 1 unspecified atom stereocenters. The van der Waals surface area contributed by atoms with Crippen molar-refractivity contribution in [2.24, 2.45) is 0 Å². The van der Waals surface area contributed by atoms with Gasteiger partial charge in [-0.2, -0.15) is 0 Å². The third-order valence-electron chi connectivity index (χ3n) is 5.32. The Morgan fingerprint density at radius 3 is 2.36 bits per heavy atom. The van der Waals surface area contributed by atoms with Crippen LogP contribution in [0.15, 0.2) is 30.3 Å². The lowest BCUT2D eigenvalue weighted by Crippen LogP contribution is -2.54. The maximum absolute atomic E-state index is 12.4. The van der Waals surface area contributed by atoms with Crippen molar-refractivity contribution < 1.29 is 4.79 Å². The Morgan fingerprint density at radius 2 is 1.68 bits per heavy atom. The number of carbonyl (C=O) groups excluding carboxylic acids is 1. The Kier molecular flexibility index (Phi) is 6.70. The van der Waals surface area contributed by atoms with E-state index in [1.807, 2.05) is 4.90 Å². The SMILES string of the molecule is CC(CN1CCCC1)NC(=O)N1CCN(CCc2ccccc2)CC1. The normalized spacial score (nSPS) is 20.6. The zero-order valence-electron chi connectivity index (χ0n) is 15.5. The van der Waals surface area contributed by atoms with Crippen LogP contribution in [0.5, 0.6) is 0 Å². The van der Waals surface area contributed by atoms with Crippen LogP contribution in [-0.2, 0) is 6.42 Å². The highest BCUT2D eigenvalue weighted by Gasteiger charge is 2.23.